The molecule has 0 bridgehead atoms. The average Bonchev–Trinajstić information content (AvgIpc) is 2.61. The minimum atomic E-state index is -0.835. The number of benzene rings is 2. The highest BCUT2D eigenvalue weighted by atomic mass is 16.4. The fourth-order valence-corrected chi connectivity index (χ4v) is 2.16. The van der Waals surface area contributed by atoms with Crippen LogP contribution < -0.4 is 5.32 Å². The molecule has 74 valence electrons. The Balaban J connectivity index is 2.36. The van der Waals surface area contributed by atoms with Crippen molar-refractivity contribution in [3.8, 4) is 0 Å². The molecule has 0 aliphatic carbocycles. The molecule has 3 heteroatoms. The van der Waals surface area contributed by atoms with Gasteiger partial charge in [0, 0.05) is 11.1 Å². The molecule has 0 radical (unpaired) electrons. The number of rotatable bonds is 1. The molecule has 2 aromatic carbocycles. The molecule has 3 rings (SSSR count). The van der Waals surface area contributed by atoms with E-state index in [0.29, 0.717) is 0 Å². The molecular formula is C12H9NO2. The second kappa shape index (κ2) is 2.73. The van der Waals surface area contributed by atoms with Crippen LogP contribution in [0.5, 0.6) is 0 Å². The van der Waals surface area contributed by atoms with Crippen LogP contribution in [-0.4, -0.2) is 11.1 Å². The van der Waals surface area contributed by atoms with E-state index in [2.05, 4.69) is 5.32 Å². The quantitative estimate of drug-likeness (QED) is 0.741. The van der Waals surface area contributed by atoms with Gasteiger partial charge in [-0.3, -0.25) is 0 Å². The lowest BCUT2D eigenvalue weighted by Crippen LogP contribution is -2.15. The summed E-state index contributed by atoms with van der Waals surface area (Å²) < 4.78 is 0. The molecule has 3 nitrogen and oxygen atoms in total. The Morgan fingerprint density at radius 1 is 1.20 bits per heavy atom. The van der Waals surface area contributed by atoms with E-state index in [1.807, 2.05) is 36.4 Å². The topological polar surface area (TPSA) is 49.3 Å². The van der Waals surface area contributed by atoms with Crippen molar-refractivity contribution in [3.05, 3.63) is 42.0 Å². The molecule has 2 N–H and O–H groups in total. The first-order chi connectivity index (χ1) is 7.27. The van der Waals surface area contributed by atoms with Crippen molar-refractivity contribution in [1.29, 1.82) is 0 Å². The fourth-order valence-electron chi connectivity index (χ4n) is 2.16. The summed E-state index contributed by atoms with van der Waals surface area (Å²) in [7, 11) is 0. The number of carboxylic acids is 1. The smallest absolute Gasteiger partial charge is 0.330 e. The van der Waals surface area contributed by atoms with Crippen LogP contribution in [0.1, 0.15) is 11.6 Å². The van der Waals surface area contributed by atoms with Crippen LogP contribution in [0, 0.1) is 0 Å². The highest BCUT2D eigenvalue weighted by molar-refractivity contribution is 6.04. The maximum absolute atomic E-state index is 11.0. The van der Waals surface area contributed by atoms with E-state index in [1.54, 1.807) is 0 Å². The summed E-state index contributed by atoms with van der Waals surface area (Å²) in [5.41, 5.74) is 1.77. The van der Waals surface area contributed by atoms with Crippen LogP contribution in [-0.2, 0) is 4.79 Å². The molecule has 1 unspecified atom stereocenters. The molecule has 0 fully saturated rings. The minimum Gasteiger partial charge on any atom is -0.479 e. The monoisotopic (exact) mass is 199 g/mol. The second-order valence-electron chi connectivity index (χ2n) is 3.67. The predicted molar refractivity (Wildman–Crippen MR) is 57.9 cm³/mol. The van der Waals surface area contributed by atoms with Crippen LogP contribution >= 0.6 is 0 Å². The molecule has 15 heavy (non-hydrogen) atoms. The van der Waals surface area contributed by atoms with Gasteiger partial charge in [0.25, 0.3) is 0 Å². The summed E-state index contributed by atoms with van der Waals surface area (Å²) in [4.78, 5) is 11.0. The summed E-state index contributed by atoms with van der Waals surface area (Å²) in [5.74, 6) is -0.835. The van der Waals surface area contributed by atoms with Gasteiger partial charge >= 0.3 is 5.97 Å². The third-order valence-electron chi connectivity index (χ3n) is 2.79. The Kier molecular flexibility index (Phi) is 1.51. The Labute approximate surface area is 86.3 Å². The number of carboxylic acid groups (broad SMARTS) is 1. The summed E-state index contributed by atoms with van der Waals surface area (Å²) in [6, 6.07) is 11.0. The van der Waals surface area contributed by atoms with E-state index < -0.39 is 12.0 Å². The van der Waals surface area contributed by atoms with Crippen molar-refractivity contribution in [2.75, 3.05) is 5.32 Å². The Morgan fingerprint density at radius 3 is 2.67 bits per heavy atom. The maximum Gasteiger partial charge on any atom is 0.330 e. The van der Waals surface area contributed by atoms with Crippen molar-refractivity contribution in [2.24, 2.45) is 0 Å². The van der Waals surface area contributed by atoms with Crippen molar-refractivity contribution in [3.63, 3.8) is 0 Å². The van der Waals surface area contributed by atoms with E-state index in [-0.39, 0.29) is 0 Å². The van der Waals surface area contributed by atoms with Crippen molar-refractivity contribution < 1.29 is 9.90 Å². The van der Waals surface area contributed by atoms with Gasteiger partial charge in [-0.2, -0.15) is 0 Å². The Bertz CT molecular complexity index is 557. The lowest BCUT2D eigenvalue weighted by atomic mass is 10.0. The van der Waals surface area contributed by atoms with Crippen LogP contribution in [0.25, 0.3) is 10.8 Å². The van der Waals surface area contributed by atoms with Crippen molar-refractivity contribution in [2.45, 2.75) is 6.04 Å². The third kappa shape index (κ3) is 1.03. The molecule has 0 amide bonds. The van der Waals surface area contributed by atoms with Gasteiger partial charge in [0.1, 0.15) is 0 Å². The molecule has 1 atom stereocenters. The second-order valence-corrected chi connectivity index (χ2v) is 3.67. The predicted octanol–water partition coefficient (Wildman–Crippen LogP) is 2.39. The van der Waals surface area contributed by atoms with Gasteiger partial charge in [-0.05, 0) is 17.0 Å². The summed E-state index contributed by atoms with van der Waals surface area (Å²) in [5, 5.41) is 14.2. The van der Waals surface area contributed by atoms with E-state index in [9.17, 15) is 4.79 Å². The van der Waals surface area contributed by atoms with E-state index >= 15 is 0 Å². The molecular weight excluding hydrogens is 190 g/mol. The minimum absolute atomic E-state index is 0.605. The highest BCUT2D eigenvalue weighted by Gasteiger charge is 2.28. The first-order valence-corrected chi connectivity index (χ1v) is 4.78. The summed E-state index contributed by atoms with van der Waals surface area (Å²) in [6.07, 6.45) is 0. The van der Waals surface area contributed by atoms with Crippen molar-refractivity contribution in [1.82, 2.24) is 0 Å². The largest absolute Gasteiger partial charge is 0.479 e. The van der Waals surface area contributed by atoms with Crippen LogP contribution in [0.4, 0.5) is 5.69 Å². The number of nitrogens with one attached hydrogen (secondary N) is 1. The zero-order valence-electron chi connectivity index (χ0n) is 7.90. The standard InChI is InChI=1S/C12H9NO2/c14-12(15)11-8-5-1-3-7-4-2-6-9(13-11)10(7)8/h1-6,11,13H,(H,14,15). The lowest BCUT2D eigenvalue weighted by molar-refractivity contribution is -0.137. The van der Waals surface area contributed by atoms with Crippen LogP contribution in [0.15, 0.2) is 36.4 Å². The van der Waals surface area contributed by atoms with Gasteiger partial charge in [-0.25, -0.2) is 4.79 Å². The molecule has 2 aromatic rings. The number of aliphatic carboxylic acids is 1. The molecule has 0 saturated heterocycles. The summed E-state index contributed by atoms with van der Waals surface area (Å²) in [6.45, 7) is 0. The van der Waals surface area contributed by atoms with Crippen molar-refractivity contribution >= 4 is 22.4 Å². The maximum atomic E-state index is 11.0. The lowest BCUT2D eigenvalue weighted by Gasteiger charge is -2.06. The summed E-state index contributed by atoms with van der Waals surface area (Å²) >= 11 is 0. The van der Waals surface area contributed by atoms with E-state index in [4.69, 9.17) is 5.11 Å². The van der Waals surface area contributed by atoms with Gasteiger partial charge in [-0.1, -0.05) is 30.3 Å². The van der Waals surface area contributed by atoms with Gasteiger partial charge in [0.2, 0.25) is 0 Å². The molecule has 1 aliphatic rings. The fraction of sp³-hybridized carbons (Fsp3) is 0.0833. The Morgan fingerprint density at radius 2 is 1.93 bits per heavy atom. The normalized spacial score (nSPS) is 17.7. The average molecular weight is 199 g/mol. The molecule has 0 saturated carbocycles. The SMILES string of the molecule is O=C(O)C1Nc2cccc3cccc1c23. The number of carbonyl (C=O) groups is 1. The molecule has 1 heterocycles. The zero-order valence-corrected chi connectivity index (χ0v) is 7.90. The van der Waals surface area contributed by atoms with Gasteiger partial charge in [0.05, 0.1) is 0 Å². The Hall–Kier alpha value is -2.03. The molecule has 0 spiro atoms. The van der Waals surface area contributed by atoms with Gasteiger partial charge in [-0.15, -0.1) is 0 Å². The zero-order chi connectivity index (χ0) is 10.4. The van der Waals surface area contributed by atoms with E-state index in [0.717, 1.165) is 22.0 Å². The van der Waals surface area contributed by atoms with Gasteiger partial charge in [0.15, 0.2) is 6.04 Å². The number of anilines is 1. The third-order valence-corrected chi connectivity index (χ3v) is 2.79. The van der Waals surface area contributed by atoms with E-state index in [1.165, 1.54) is 0 Å². The number of hydrogen-bond acceptors (Lipinski definition) is 2. The highest BCUT2D eigenvalue weighted by Crippen LogP contribution is 2.38. The van der Waals surface area contributed by atoms with Crippen LogP contribution in [0.3, 0.4) is 0 Å². The van der Waals surface area contributed by atoms with Gasteiger partial charge < -0.3 is 10.4 Å². The first kappa shape index (κ1) is 8.29. The number of hydrogen-bond donors (Lipinski definition) is 2. The van der Waals surface area contributed by atoms with Crippen LogP contribution in [0.2, 0.25) is 0 Å². The molecule has 0 aromatic heterocycles. The molecule has 1 aliphatic heterocycles. The first-order valence-electron chi connectivity index (χ1n) is 4.78.